The van der Waals surface area contributed by atoms with Crippen LogP contribution < -0.4 is 9.80 Å². The van der Waals surface area contributed by atoms with Gasteiger partial charge in [0, 0.05) is 31.4 Å². The minimum Gasteiger partial charge on any atom is -0.370 e. The number of thiazole rings is 1. The second-order valence-electron chi connectivity index (χ2n) is 7.73. The molecular weight excluding hydrogens is 360 g/mol. The number of benzene rings is 1. The number of likely N-dealkylation sites (tertiary alicyclic amines) is 1. The molecule has 6 nitrogen and oxygen atoms in total. The van der Waals surface area contributed by atoms with Gasteiger partial charge in [0.2, 0.25) is 0 Å². The predicted molar refractivity (Wildman–Crippen MR) is 109 cm³/mol. The molecular formula is C20H26N4O2S. The fourth-order valence-electron chi connectivity index (χ4n) is 4.49. The molecule has 0 spiro atoms. The van der Waals surface area contributed by atoms with Crippen molar-refractivity contribution in [2.45, 2.75) is 31.7 Å². The van der Waals surface area contributed by atoms with Gasteiger partial charge in [0.15, 0.2) is 5.13 Å². The Morgan fingerprint density at radius 1 is 1.11 bits per heavy atom. The van der Waals surface area contributed by atoms with Crippen molar-refractivity contribution in [1.82, 2.24) is 9.88 Å². The van der Waals surface area contributed by atoms with Gasteiger partial charge in [-0.3, -0.25) is 9.69 Å². The molecule has 0 radical (unpaired) electrons. The van der Waals surface area contributed by atoms with E-state index >= 15 is 0 Å². The number of carbonyl (C=O) groups excluding carboxylic acids is 1. The number of hydrogen-bond donors (Lipinski definition) is 0. The number of piperidine rings is 1. The molecule has 3 aliphatic heterocycles. The molecule has 3 saturated heterocycles. The number of amides is 1. The second kappa shape index (κ2) is 7.37. The number of hydrogen-bond acceptors (Lipinski definition) is 6. The molecule has 27 heavy (non-hydrogen) atoms. The van der Waals surface area contributed by atoms with Crippen molar-refractivity contribution >= 4 is 38.3 Å². The van der Waals surface area contributed by atoms with Gasteiger partial charge in [-0.15, -0.1) is 0 Å². The molecule has 144 valence electrons. The van der Waals surface area contributed by atoms with E-state index in [-0.39, 0.29) is 12.5 Å². The third kappa shape index (κ3) is 3.44. The Bertz CT molecular complexity index is 832. The largest absolute Gasteiger partial charge is 0.370 e. The lowest BCUT2D eigenvalue weighted by Gasteiger charge is -2.32. The quantitative estimate of drug-likeness (QED) is 0.812. The summed E-state index contributed by atoms with van der Waals surface area (Å²) < 4.78 is 6.40. The summed E-state index contributed by atoms with van der Waals surface area (Å²) in [6, 6.07) is 6.85. The number of aromatic nitrogens is 1. The lowest BCUT2D eigenvalue weighted by molar-refractivity contribution is -0.125. The first-order valence-corrected chi connectivity index (χ1v) is 10.9. The minimum atomic E-state index is 0.0363. The second-order valence-corrected chi connectivity index (χ2v) is 8.74. The van der Waals surface area contributed by atoms with Gasteiger partial charge < -0.3 is 14.5 Å². The van der Waals surface area contributed by atoms with E-state index in [0.717, 1.165) is 34.1 Å². The zero-order valence-electron chi connectivity index (χ0n) is 15.6. The summed E-state index contributed by atoms with van der Waals surface area (Å²) in [4.78, 5) is 23.9. The van der Waals surface area contributed by atoms with Gasteiger partial charge in [-0.05, 0) is 50.6 Å². The Labute approximate surface area is 163 Å². The lowest BCUT2D eigenvalue weighted by Crippen LogP contribution is -2.41. The number of carbonyl (C=O) groups is 1. The summed E-state index contributed by atoms with van der Waals surface area (Å²) >= 11 is 1.75. The van der Waals surface area contributed by atoms with Crippen LogP contribution in [-0.4, -0.2) is 67.8 Å². The van der Waals surface area contributed by atoms with E-state index in [2.05, 4.69) is 15.9 Å². The maximum atomic E-state index is 12.1. The van der Waals surface area contributed by atoms with E-state index in [0.29, 0.717) is 19.2 Å². The average Bonchev–Trinajstić information content (AvgIpc) is 3.35. The number of morpholine rings is 1. The van der Waals surface area contributed by atoms with Crippen LogP contribution in [0.3, 0.4) is 0 Å². The van der Waals surface area contributed by atoms with E-state index < -0.39 is 0 Å². The summed E-state index contributed by atoms with van der Waals surface area (Å²) in [5.74, 6) is 0.0363. The van der Waals surface area contributed by atoms with E-state index in [1.54, 1.807) is 11.3 Å². The number of fused-ring (bicyclic) bond motifs is 1. The molecule has 0 unspecified atom stereocenters. The zero-order valence-corrected chi connectivity index (χ0v) is 16.4. The highest BCUT2D eigenvalue weighted by Gasteiger charge is 2.30. The smallest absolute Gasteiger partial charge is 0.253 e. The van der Waals surface area contributed by atoms with Gasteiger partial charge in [0.1, 0.15) is 6.61 Å². The van der Waals surface area contributed by atoms with Crippen molar-refractivity contribution in [3.63, 3.8) is 0 Å². The van der Waals surface area contributed by atoms with Crippen LogP contribution in [0.5, 0.6) is 0 Å². The maximum absolute atomic E-state index is 12.1. The van der Waals surface area contributed by atoms with Crippen molar-refractivity contribution in [3.05, 3.63) is 18.2 Å². The van der Waals surface area contributed by atoms with Crippen LogP contribution in [0.2, 0.25) is 0 Å². The number of anilines is 2. The highest BCUT2D eigenvalue weighted by molar-refractivity contribution is 7.22. The summed E-state index contributed by atoms with van der Waals surface area (Å²) in [7, 11) is 0. The highest BCUT2D eigenvalue weighted by atomic mass is 32.1. The molecule has 1 aromatic carbocycles. The van der Waals surface area contributed by atoms with Crippen molar-refractivity contribution < 1.29 is 9.53 Å². The molecule has 0 bridgehead atoms. The van der Waals surface area contributed by atoms with E-state index in [1.165, 1.54) is 38.8 Å². The highest BCUT2D eigenvalue weighted by Crippen LogP contribution is 2.34. The fraction of sp³-hybridized carbons (Fsp3) is 0.600. The molecule has 0 saturated carbocycles. The van der Waals surface area contributed by atoms with E-state index in [9.17, 15) is 4.79 Å². The topological polar surface area (TPSA) is 48.9 Å². The van der Waals surface area contributed by atoms with Crippen LogP contribution in [0.15, 0.2) is 18.2 Å². The van der Waals surface area contributed by atoms with Crippen LogP contribution in [0.1, 0.15) is 25.7 Å². The van der Waals surface area contributed by atoms with Crippen molar-refractivity contribution in [2.24, 2.45) is 0 Å². The van der Waals surface area contributed by atoms with Gasteiger partial charge in [0.25, 0.3) is 5.91 Å². The Morgan fingerprint density at radius 2 is 2.00 bits per heavy atom. The number of rotatable bonds is 3. The molecule has 4 heterocycles. The Hall–Kier alpha value is -1.70. The zero-order chi connectivity index (χ0) is 18.2. The van der Waals surface area contributed by atoms with Gasteiger partial charge in [-0.1, -0.05) is 17.8 Å². The minimum absolute atomic E-state index is 0.0363. The van der Waals surface area contributed by atoms with Gasteiger partial charge in [-0.2, -0.15) is 0 Å². The van der Waals surface area contributed by atoms with Crippen LogP contribution in [-0.2, 0) is 9.53 Å². The number of ether oxygens (including phenoxy) is 1. The molecule has 0 N–H and O–H groups in total. The molecule has 7 heteroatoms. The summed E-state index contributed by atoms with van der Waals surface area (Å²) in [6.45, 7) is 6.11. The van der Waals surface area contributed by atoms with Crippen molar-refractivity contribution in [2.75, 3.05) is 55.7 Å². The molecule has 5 rings (SSSR count). The van der Waals surface area contributed by atoms with Gasteiger partial charge in [0.05, 0.1) is 16.8 Å². The molecule has 3 fully saturated rings. The van der Waals surface area contributed by atoms with Crippen molar-refractivity contribution in [1.29, 1.82) is 0 Å². The first kappa shape index (κ1) is 17.4. The Balaban J connectivity index is 1.33. The first-order chi connectivity index (χ1) is 13.3. The molecule has 2 aromatic rings. The van der Waals surface area contributed by atoms with E-state index in [4.69, 9.17) is 9.72 Å². The SMILES string of the molecule is O=C1COCCN1c1ccc2nc(N3CC[C@@H](N4CCCCC4)C3)sc2c1. The van der Waals surface area contributed by atoms with Gasteiger partial charge in [-0.25, -0.2) is 4.98 Å². The molecule has 1 amide bonds. The Morgan fingerprint density at radius 3 is 2.85 bits per heavy atom. The van der Waals surface area contributed by atoms with Crippen LogP contribution in [0.4, 0.5) is 10.8 Å². The predicted octanol–water partition coefficient (Wildman–Crippen LogP) is 2.72. The van der Waals surface area contributed by atoms with Crippen LogP contribution in [0, 0.1) is 0 Å². The fourth-order valence-corrected chi connectivity index (χ4v) is 5.53. The van der Waals surface area contributed by atoms with Gasteiger partial charge >= 0.3 is 0 Å². The number of nitrogens with zero attached hydrogens (tertiary/aromatic N) is 4. The van der Waals surface area contributed by atoms with Crippen LogP contribution >= 0.6 is 11.3 Å². The standard InChI is InChI=1S/C20H26N4O2S/c25-19-14-26-11-10-24(19)15-4-5-17-18(12-15)27-20(21-17)23-9-6-16(13-23)22-7-2-1-3-8-22/h4-5,12,16H,1-3,6-11,13-14H2/t16-/m1/s1. The first-order valence-electron chi connectivity index (χ1n) is 10.1. The van der Waals surface area contributed by atoms with Crippen LogP contribution in [0.25, 0.3) is 10.2 Å². The van der Waals surface area contributed by atoms with Crippen molar-refractivity contribution in [3.8, 4) is 0 Å². The Kier molecular flexibility index (Phi) is 4.75. The van der Waals surface area contributed by atoms with E-state index in [1.807, 2.05) is 17.0 Å². The summed E-state index contributed by atoms with van der Waals surface area (Å²) in [5.41, 5.74) is 1.99. The molecule has 1 aromatic heterocycles. The summed E-state index contributed by atoms with van der Waals surface area (Å²) in [5, 5.41) is 1.12. The third-order valence-electron chi connectivity index (χ3n) is 6.00. The molecule has 3 aliphatic rings. The lowest BCUT2D eigenvalue weighted by atomic mass is 10.1. The average molecular weight is 387 g/mol. The third-order valence-corrected chi connectivity index (χ3v) is 7.08. The normalized spacial score (nSPS) is 24.9. The molecule has 0 aliphatic carbocycles. The maximum Gasteiger partial charge on any atom is 0.253 e. The monoisotopic (exact) mass is 386 g/mol. The molecule has 1 atom stereocenters. The summed E-state index contributed by atoms with van der Waals surface area (Å²) in [6.07, 6.45) is 5.32.